The van der Waals surface area contributed by atoms with Crippen molar-refractivity contribution >= 4 is 63.1 Å². The Balaban J connectivity index is 0.00000364. The summed E-state index contributed by atoms with van der Waals surface area (Å²) in [5.74, 6) is 2.67. The Kier molecular flexibility index (Phi) is 10.4. The van der Waals surface area contributed by atoms with Crippen molar-refractivity contribution in [2.45, 2.75) is 36.8 Å². The maximum absolute atomic E-state index is 12.2. The molecule has 0 amide bonds. The van der Waals surface area contributed by atoms with Crippen LogP contribution in [-0.2, 0) is 16.6 Å². The fourth-order valence-electron chi connectivity index (χ4n) is 2.61. The highest BCUT2D eigenvalue weighted by Gasteiger charge is 2.25. The van der Waals surface area contributed by atoms with Crippen LogP contribution in [0.2, 0.25) is 0 Å². The van der Waals surface area contributed by atoms with Gasteiger partial charge in [0.25, 0.3) is 10.0 Å². The number of rotatable bonds is 6. The number of halogens is 1. The van der Waals surface area contributed by atoms with Gasteiger partial charge in [-0.05, 0) is 25.0 Å². The van der Waals surface area contributed by atoms with Gasteiger partial charge in [-0.15, -0.1) is 35.3 Å². The van der Waals surface area contributed by atoms with Crippen molar-refractivity contribution in [3.05, 3.63) is 17.0 Å². The number of thioether (sulfide) groups is 1. The number of guanidine groups is 1. The maximum Gasteiger partial charge on any atom is 0.252 e. The summed E-state index contributed by atoms with van der Waals surface area (Å²) in [7, 11) is -0.265. The molecule has 0 bridgehead atoms. The van der Waals surface area contributed by atoms with E-state index in [1.165, 1.54) is 15.6 Å². The van der Waals surface area contributed by atoms with Crippen LogP contribution in [0.15, 0.2) is 21.3 Å². The summed E-state index contributed by atoms with van der Waals surface area (Å²) < 4.78 is 26.0. The van der Waals surface area contributed by atoms with E-state index < -0.39 is 10.0 Å². The largest absolute Gasteiger partial charge is 0.357 e. The van der Waals surface area contributed by atoms with Crippen LogP contribution in [0.5, 0.6) is 0 Å². The van der Waals surface area contributed by atoms with Crippen molar-refractivity contribution in [3.63, 3.8) is 0 Å². The number of aliphatic imine (C=N–C) groups is 1. The molecule has 2 rings (SSSR count). The lowest BCUT2D eigenvalue weighted by Gasteiger charge is -2.36. The average Bonchev–Trinajstić information content (AvgIpc) is 3.08. The van der Waals surface area contributed by atoms with Gasteiger partial charge in [-0.2, -0.15) is 11.8 Å². The second-order valence-corrected chi connectivity index (χ2v) is 11.7. The lowest BCUT2D eigenvalue weighted by atomic mass is 10.1. The van der Waals surface area contributed by atoms with Gasteiger partial charge >= 0.3 is 0 Å². The lowest BCUT2D eigenvalue weighted by molar-refractivity contribution is 0.381. The molecule has 1 aliphatic heterocycles. The minimum absolute atomic E-state index is 0. The predicted octanol–water partition coefficient (Wildman–Crippen LogP) is 3.16. The van der Waals surface area contributed by atoms with Crippen LogP contribution < -0.4 is 5.32 Å². The SMILES string of the molecule is CCNC(=NCc1ccc(S(=O)(=O)N(C)C)s1)N1CCSC(C(C)C)C1.I. The number of hydrogen-bond donors (Lipinski definition) is 1. The number of hydrogen-bond acceptors (Lipinski definition) is 5. The average molecular weight is 547 g/mol. The standard InChI is InChI=1S/C17H30N4O2S3.HI/c1-6-18-17(21-9-10-24-15(12-21)13(2)3)19-11-14-7-8-16(25-14)26(22,23)20(4)5;/h7-8,13,15H,6,9-12H2,1-5H3,(H,18,19);1H. The van der Waals surface area contributed by atoms with E-state index in [9.17, 15) is 8.42 Å². The zero-order chi connectivity index (χ0) is 19.3. The van der Waals surface area contributed by atoms with E-state index in [4.69, 9.17) is 4.99 Å². The molecule has 2 heterocycles. The summed E-state index contributed by atoms with van der Waals surface area (Å²) in [5, 5.41) is 4.00. The third-order valence-electron chi connectivity index (χ3n) is 4.23. The van der Waals surface area contributed by atoms with Crippen molar-refractivity contribution in [2.75, 3.05) is 39.5 Å². The van der Waals surface area contributed by atoms with Crippen molar-refractivity contribution in [3.8, 4) is 0 Å². The van der Waals surface area contributed by atoms with Crippen LogP contribution in [0.3, 0.4) is 0 Å². The highest BCUT2D eigenvalue weighted by molar-refractivity contribution is 14.0. The molecule has 6 nitrogen and oxygen atoms in total. The zero-order valence-corrected chi connectivity index (χ0v) is 21.4. The van der Waals surface area contributed by atoms with Gasteiger partial charge in [0.2, 0.25) is 0 Å². The summed E-state index contributed by atoms with van der Waals surface area (Å²) in [4.78, 5) is 8.05. The number of nitrogens with zero attached hydrogens (tertiary/aromatic N) is 3. The van der Waals surface area contributed by atoms with Crippen molar-refractivity contribution < 1.29 is 8.42 Å². The van der Waals surface area contributed by atoms with E-state index in [1.807, 2.05) is 17.8 Å². The fourth-order valence-corrected chi connectivity index (χ4v) is 6.36. The number of thiophene rings is 1. The zero-order valence-electron chi connectivity index (χ0n) is 16.6. The van der Waals surface area contributed by atoms with Crippen LogP contribution in [0.1, 0.15) is 25.6 Å². The van der Waals surface area contributed by atoms with Crippen LogP contribution >= 0.6 is 47.1 Å². The molecule has 1 atom stereocenters. The summed E-state index contributed by atoms with van der Waals surface area (Å²) in [6.45, 7) is 9.91. The van der Waals surface area contributed by atoms with Crippen LogP contribution in [-0.4, -0.2) is 68.3 Å². The number of nitrogens with one attached hydrogen (secondary N) is 1. The second kappa shape index (κ2) is 11.2. The van der Waals surface area contributed by atoms with Crippen LogP contribution in [0.25, 0.3) is 0 Å². The smallest absolute Gasteiger partial charge is 0.252 e. The van der Waals surface area contributed by atoms with Crippen LogP contribution in [0.4, 0.5) is 0 Å². The van der Waals surface area contributed by atoms with E-state index >= 15 is 0 Å². The van der Waals surface area contributed by atoms with Gasteiger partial charge in [0, 0.05) is 49.6 Å². The summed E-state index contributed by atoms with van der Waals surface area (Å²) in [6, 6.07) is 3.53. The van der Waals surface area contributed by atoms with Gasteiger partial charge in [-0.1, -0.05) is 13.8 Å². The van der Waals surface area contributed by atoms with Gasteiger partial charge in [0.1, 0.15) is 4.21 Å². The second-order valence-electron chi connectivity index (χ2n) is 6.78. The molecule has 0 spiro atoms. The molecule has 27 heavy (non-hydrogen) atoms. The molecule has 1 aliphatic rings. The van der Waals surface area contributed by atoms with Crippen molar-refractivity contribution in [2.24, 2.45) is 10.9 Å². The molecule has 1 unspecified atom stereocenters. The molecule has 1 fully saturated rings. The number of sulfonamides is 1. The van der Waals surface area contributed by atoms with E-state index in [0.29, 0.717) is 21.9 Å². The van der Waals surface area contributed by atoms with Gasteiger partial charge in [-0.25, -0.2) is 17.7 Å². The first-order valence-corrected chi connectivity index (χ1v) is 12.2. The highest BCUT2D eigenvalue weighted by atomic mass is 127. The third-order valence-corrected chi connectivity index (χ3v) is 9.12. The molecule has 0 saturated carbocycles. The van der Waals surface area contributed by atoms with E-state index in [1.54, 1.807) is 20.2 Å². The predicted molar refractivity (Wildman–Crippen MR) is 128 cm³/mol. The molecule has 1 N–H and O–H groups in total. The lowest BCUT2D eigenvalue weighted by Crippen LogP contribution is -2.49. The maximum atomic E-state index is 12.2. The summed E-state index contributed by atoms with van der Waals surface area (Å²) >= 11 is 3.33. The van der Waals surface area contributed by atoms with Gasteiger partial charge in [-0.3, -0.25) is 0 Å². The van der Waals surface area contributed by atoms with Crippen molar-refractivity contribution in [1.29, 1.82) is 0 Å². The van der Waals surface area contributed by atoms with Crippen molar-refractivity contribution in [1.82, 2.24) is 14.5 Å². The first-order chi connectivity index (χ1) is 12.3. The van der Waals surface area contributed by atoms with E-state index in [2.05, 4.69) is 31.0 Å². The topological polar surface area (TPSA) is 65.0 Å². The Morgan fingerprint density at radius 3 is 2.70 bits per heavy atom. The molecule has 1 saturated heterocycles. The Labute approximate surface area is 189 Å². The third kappa shape index (κ3) is 6.76. The van der Waals surface area contributed by atoms with E-state index in [-0.39, 0.29) is 24.0 Å². The quantitative estimate of drug-likeness (QED) is 0.338. The Morgan fingerprint density at radius 1 is 1.41 bits per heavy atom. The highest BCUT2D eigenvalue weighted by Crippen LogP contribution is 2.26. The fraction of sp³-hybridized carbons (Fsp3) is 0.706. The molecule has 10 heteroatoms. The van der Waals surface area contributed by atoms with Gasteiger partial charge in [0.05, 0.1) is 6.54 Å². The molecule has 1 aromatic rings. The molecular weight excluding hydrogens is 515 g/mol. The molecule has 0 radical (unpaired) electrons. The summed E-state index contributed by atoms with van der Waals surface area (Å²) in [6.07, 6.45) is 0. The minimum atomic E-state index is -3.37. The minimum Gasteiger partial charge on any atom is -0.357 e. The Morgan fingerprint density at radius 2 is 2.11 bits per heavy atom. The first kappa shape index (κ1) is 25.0. The molecule has 156 valence electrons. The first-order valence-electron chi connectivity index (χ1n) is 8.91. The van der Waals surface area contributed by atoms with Crippen LogP contribution in [0, 0.1) is 5.92 Å². The Bertz CT molecular complexity index is 720. The summed E-state index contributed by atoms with van der Waals surface area (Å²) in [5.41, 5.74) is 0. The Hall–Kier alpha value is -0.0400. The normalized spacial score (nSPS) is 18.7. The molecule has 0 aliphatic carbocycles. The molecule has 1 aromatic heterocycles. The van der Waals surface area contributed by atoms with E-state index in [0.717, 1.165) is 36.2 Å². The van der Waals surface area contributed by atoms with Gasteiger partial charge in [0.15, 0.2) is 5.96 Å². The monoisotopic (exact) mass is 546 g/mol. The van der Waals surface area contributed by atoms with Gasteiger partial charge < -0.3 is 10.2 Å². The molecular formula is C17H31IN4O2S3. The molecule has 0 aromatic carbocycles.